The van der Waals surface area contributed by atoms with E-state index in [0.717, 1.165) is 18.0 Å². The molecular formula is C24H40N4O4. The molecule has 2 aliphatic rings. The Morgan fingerprint density at radius 3 is 2.59 bits per heavy atom. The highest BCUT2D eigenvalue weighted by atomic mass is 16.6. The molecule has 0 spiro atoms. The molecule has 1 aliphatic heterocycles. The third kappa shape index (κ3) is 6.95. The number of hydrogen-bond acceptors (Lipinski definition) is 6. The molecule has 180 valence electrons. The molecule has 2 fully saturated rings. The van der Waals surface area contributed by atoms with Crippen LogP contribution in [-0.2, 0) is 20.7 Å². The fourth-order valence-electron chi connectivity index (χ4n) is 4.69. The smallest absolute Gasteiger partial charge is 0.407 e. The minimum Gasteiger partial charge on any atom is -0.465 e. The second-order valence-corrected chi connectivity index (χ2v) is 10.3. The fourth-order valence-corrected chi connectivity index (χ4v) is 4.69. The van der Waals surface area contributed by atoms with Crippen molar-refractivity contribution in [3.63, 3.8) is 0 Å². The lowest BCUT2D eigenvalue weighted by Gasteiger charge is -2.27. The third-order valence-corrected chi connectivity index (χ3v) is 6.40. The van der Waals surface area contributed by atoms with Gasteiger partial charge in [-0.1, -0.05) is 6.92 Å². The van der Waals surface area contributed by atoms with Crippen LogP contribution in [0.1, 0.15) is 78.5 Å². The standard InChI is InChI=1S/C24H40N4O4/c1-6-31-22(29)21(27-12-11-18(14-27)26-23(30)32-24(3,4)5)13-19-15-28(16-25-19)20-9-7-17(2)8-10-20/h15-18,20-21H,6-14H2,1-5H3,(H,26,30)/t17?,18-,20?,21?/m0/s1. The third-order valence-electron chi connectivity index (χ3n) is 6.40. The molecule has 2 heterocycles. The summed E-state index contributed by atoms with van der Waals surface area (Å²) in [6.07, 6.45) is 9.74. The zero-order chi connectivity index (χ0) is 23.3. The van der Waals surface area contributed by atoms with Gasteiger partial charge in [-0.15, -0.1) is 0 Å². The van der Waals surface area contributed by atoms with E-state index in [2.05, 4.69) is 32.9 Å². The summed E-state index contributed by atoms with van der Waals surface area (Å²) in [4.78, 5) is 31.6. The van der Waals surface area contributed by atoms with Gasteiger partial charge in [0.05, 0.1) is 18.6 Å². The molecular weight excluding hydrogens is 408 g/mol. The van der Waals surface area contributed by atoms with Gasteiger partial charge in [-0.05, 0) is 65.7 Å². The molecule has 0 radical (unpaired) electrons. The van der Waals surface area contributed by atoms with Crippen molar-refractivity contribution in [1.29, 1.82) is 0 Å². The number of aromatic nitrogens is 2. The highest BCUT2D eigenvalue weighted by Crippen LogP contribution is 2.32. The topological polar surface area (TPSA) is 85.7 Å². The van der Waals surface area contributed by atoms with Crippen molar-refractivity contribution in [2.24, 2.45) is 5.92 Å². The van der Waals surface area contributed by atoms with Crippen LogP contribution in [0.2, 0.25) is 0 Å². The summed E-state index contributed by atoms with van der Waals surface area (Å²) in [5.74, 6) is 0.575. The Morgan fingerprint density at radius 1 is 1.22 bits per heavy atom. The number of hydrogen-bond donors (Lipinski definition) is 1. The van der Waals surface area contributed by atoms with Crippen molar-refractivity contribution in [3.05, 3.63) is 18.2 Å². The maximum atomic E-state index is 12.8. The van der Waals surface area contributed by atoms with Crippen molar-refractivity contribution in [2.75, 3.05) is 19.7 Å². The van der Waals surface area contributed by atoms with E-state index >= 15 is 0 Å². The Kier molecular flexibility index (Phi) is 8.20. The van der Waals surface area contributed by atoms with E-state index in [0.29, 0.717) is 32.2 Å². The largest absolute Gasteiger partial charge is 0.465 e. The van der Waals surface area contributed by atoms with Gasteiger partial charge in [0, 0.05) is 37.8 Å². The van der Waals surface area contributed by atoms with E-state index < -0.39 is 17.7 Å². The zero-order valence-electron chi connectivity index (χ0n) is 20.3. The first-order valence-electron chi connectivity index (χ1n) is 12.1. The zero-order valence-corrected chi connectivity index (χ0v) is 20.3. The lowest BCUT2D eigenvalue weighted by Crippen LogP contribution is -2.45. The van der Waals surface area contributed by atoms with Crippen molar-refractivity contribution >= 4 is 12.1 Å². The molecule has 1 aromatic heterocycles. The van der Waals surface area contributed by atoms with Gasteiger partial charge < -0.3 is 19.4 Å². The Balaban J connectivity index is 1.61. The molecule has 1 aromatic rings. The van der Waals surface area contributed by atoms with Crippen molar-refractivity contribution < 1.29 is 19.1 Å². The van der Waals surface area contributed by atoms with Crippen LogP contribution in [0.3, 0.4) is 0 Å². The van der Waals surface area contributed by atoms with Crippen LogP contribution in [0.15, 0.2) is 12.5 Å². The quantitative estimate of drug-likeness (QED) is 0.640. The monoisotopic (exact) mass is 448 g/mol. The predicted octanol–water partition coefficient (Wildman–Crippen LogP) is 3.71. The van der Waals surface area contributed by atoms with Crippen LogP contribution in [-0.4, -0.2) is 63.9 Å². The fraction of sp³-hybridized carbons (Fsp3) is 0.792. The molecule has 1 amide bonds. The van der Waals surface area contributed by atoms with Crippen LogP contribution < -0.4 is 5.32 Å². The first-order valence-corrected chi connectivity index (χ1v) is 12.1. The van der Waals surface area contributed by atoms with Crippen LogP contribution >= 0.6 is 0 Å². The van der Waals surface area contributed by atoms with E-state index in [9.17, 15) is 9.59 Å². The maximum Gasteiger partial charge on any atom is 0.407 e. The summed E-state index contributed by atoms with van der Waals surface area (Å²) in [6, 6.07) is 0.0429. The number of nitrogens with one attached hydrogen (secondary N) is 1. The number of alkyl carbamates (subject to hydrolysis) is 1. The second kappa shape index (κ2) is 10.7. The Hall–Kier alpha value is -2.09. The van der Waals surface area contributed by atoms with Gasteiger partial charge in [0.2, 0.25) is 0 Å². The average Bonchev–Trinajstić information content (AvgIpc) is 3.35. The van der Waals surface area contributed by atoms with Gasteiger partial charge >= 0.3 is 12.1 Å². The van der Waals surface area contributed by atoms with E-state index in [4.69, 9.17) is 9.47 Å². The Bertz CT molecular complexity index is 764. The summed E-state index contributed by atoms with van der Waals surface area (Å²) in [7, 11) is 0. The molecule has 2 atom stereocenters. The highest BCUT2D eigenvalue weighted by Gasteiger charge is 2.35. The molecule has 3 rings (SSSR count). The molecule has 8 nitrogen and oxygen atoms in total. The van der Waals surface area contributed by atoms with Crippen molar-refractivity contribution in [2.45, 2.75) is 96.9 Å². The second-order valence-electron chi connectivity index (χ2n) is 10.3. The van der Waals surface area contributed by atoms with E-state index in [-0.39, 0.29) is 12.0 Å². The summed E-state index contributed by atoms with van der Waals surface area (Å²) < 4.78 is 13.0. The summed E-state index contributed by atoms with van der Waals surface area (Å²) in [5, 5.41) is 2.93. The lowest BCUT2D eigenvalue weighted by atomic mass is 9.87. The number of amides is 1. The molecule has 1 saturated carbocycles. The molecule has 1 aliphatic carbocycles. The highest BCUT2D eigenvalue weighted by molar-refractivity contribution is 5.76. The van der Waals surface area contributed by atoms with Gasteiger partial charge in [-0.3, -0.25) is 9.69 Å². The number of imidazole rings is 1. The van der Waals surface area contributed by atoms with Crippen LogP contribution in [0, 0.1) is 5.92 Å². The first kappa shape index (κ1) is 24.6. The SMILES string of the molecule is CCOC(=O)C(Cc1cn(C2CCC(C)CC2)cn1)N1CC[C@H](NC(=O)OC(C)(C)C)C1. The number of carbonyl (C=O) groups is 2. The van der Waals surface area contributed by atoms with Crippen molar-refractivity contribution in [3.8, 4) is 0 Å². The number of ether oxygens (including phenoxy) is 2. The van der Waals surface area contributed by atoms with E-state index in [1.807, 2.05) is 34.0 Å². The molecule has 1 saturated heterocycles. The molecule has 0 aromatic carbocycles. The molecule has 0 bridgehead atoms. The summed E-state index contributed by atoms with van der Waals surface area (Å²) in [5.41, 5.74) is 0.371. The summed E-state index contributed by atoms with van der Waals surface area (Å²) >= 11 is 0. The molecule has 32 heavy (non-hydrogen) atoms. The molecule has 1 N–H and O–H groups in total. The average molecular weight is 449 g/mol. The lowest BCUT2D eigenvalue weighted by molar-refractivity contribution is -0.149. The minimum atomic E-state index is -0.537. The van der Waals surface area contributed by atoms with Gasteiger partial charge in [-0.2, -0.15) is 0 Å². The van der Waals surface area contributed by atoms with E-state index in [1.165, 1.54) is 25.7 Å². The Morgan fingerprint density at radius 2 is 1.94 bits per heavy atom. The number of rotatable bonds is 7. The first-order chi connectivity index (χ1) is 15.1. The minimum absolute atomic E-state index is 0.0523. The number of nitrogens with zero attached hydrogens (tertiary/aromatic N) is 3. The normalized spacial score (nSPS) is 25.3. The van der Waals surface area contributed by atoms with E-state index in [1.54, 1.807) is 0 Å². The Labute approximate surface area is 192 Å². The maximum absolute atomic E-state index is 12.8. The number of likely N-dealkylation sites (tertiary alicyclic amines) is 1. The number of esters is 1. The van der Waals surface area contributed by atoms with Crippen molar-refractivity contribution in [1.82, 2.24) is 19.8 Å². The van der Waals surface area contributed by atoms with Crippen LogP contribution in [0.25, 0.3) is 0 Å². The number of carbonyl (C=O) groups excluding carboxylic acids is 2. The van der Waals surface area contributed by atoms with Crippen LogP contribution in [0.5, 0.6) is 0 Å². The molecule has 1 unspecified atom stereocenters. The van der Waals surface area contributed by atoms with Gasteiger partial charge in [0.15, 0.2) is 0 Å². The summed E-state index contributed by atoms with van der Waals surface area (Å²) in [6.45, 7) is 11.3. The van der Waals surface area contributed by atoms with Gasteiger partial charge in [0.1, 0.15) is 11.6 Å². The van der Waals surface area contributed by atoms with Crippen LogP contribution in [0.4, 0.5) is 4.79 Å². The van der Waals surface area contributed by atoms with Gasteiger partial charge in [0.25, 0.3) is 0 Å². The van der Waals surface area contributed by atoms with Gasteiger partial charge in [-0.25, -0.2) is 9.78 Å². The molecule has 8 heteroatoms. The predicted molar refractivity (Wildman–Crippen MR) is 122 cm³/mol.